The molecule has 2 rings (SSSR count). The van der Waals surface area contributed by atoms with Crippen molar-refractivity contribution in [1.29, 1.82) is 0 Å². The summed E-state index contributed by atoms with van der Waals surface area (Å²) in [5.74, 6) is -0.371. The van der Waals surface area contributed by atoms with E-state index in [1.54, 1.807) is 14.0 Å². The van der Waals surface area contributed by atoms with E-state index in [0.717, 1.165) is 12.8 Å². The number of hydrogen-bond acceptors (Lipinski definition) is 4. The Balaban J connectivity index is 2.26. The Morgan fingerprint density at radius 2 is 2.19 bits per heavy atom. The van der Waals surface area contributed by atoms with Gasteiger partial charge in [-0.25, -0.2) is 17.5 Å². The van der Waals surface area contributed by atoms with Gasteiger partial charge in [0, 0.05) is 24.8 Å². The second kappa shape index (κ2) is 6.83. The van der Waals surface area contributed by atoms with Crippen LogP contribution >= 0.6 is 0 Å². The van der Waals surface area contributed by atoms with Crippen molar-refractivity contribution in [3.63, 3.8) is 0 Å². The predicted octanol–water partition coefficient (Wildman–Crippen LogP) is 1.31. The fourth-order valence-electron chi connectivity index (χ4n) is 2.40. The topological polar surface area (TPSA) is 67.4 Å². The van der Waals surface area contributed by atoms with Gasteiger partial charge in [0.25, 0.3) is 0 Å². The first-order chi connectivity index (χ1) is 9.94. The van der Waals surface area contributed by atoms with E-state index in [4.69, 9.17) is 4.74 Å². The Kier molecular flexibility index (Phi) is 5.32. The van der Waals surface area contributed by atoms with Crippen LogP contribution in [0, 0.1) is 12.7 Å². The number of sulfonamides is 1. The lowest BCUT2D eigenvalue weighted by Crippen LogP contribution is -2.40. The van der Waals surface area contributed by atoms with Gasteiger partial charge in [-0.1, -0.05) is 0 Å². The van der Waals surface area contributed by atoms with Gasteiger partial charge in [-0.05, 0) is 44.5 Å². The molecule has 0 aliphatic carbocycles. The van der Waals surface area contributed by atoms with Gasteiger partial charge in [0.05, 0.1) is 11.5 Å². The molecule has 0 aromatic heterocycles. The third-order valence-corrected chi connectivity index (χ3v) is 4.96. The molecular weight excluding hydrogens is 295 g/mol. The van der Waals surface area contributed by atoms with Crippen LogP contribution < -0.4 is 10.0 Å². The predicted molar refractivity (Wildman–Crippen MR) is 78.1 cm³/mol. The van der Waals surface area contributed by atoms with Crippen LogP contribution in [0.5, 0.6) is 0 Å². The number of ether oxygens (including phenoxy) is 1. The zero-order valence-corrected chi connectivity index (χ0v) is 13.1. The molecule has 0 amide bonds. The molecule has 2 N–H and O–H groups in total. The minimum atomic E-state index is -3.66. The number of halogens is 1. The molecular formula is C14H21FN2O3S. The van der Waals surface area contributed by atoms with E-state index < -0.39 is 10.0 Å². The minimum absolute atomic E-state index is 0.0947. The van der Waals surface area contributed by atoms with Crippen LogP contribution in [0.15, 0.2) is 17.0 Å². The Morgan fingerprint density at radius 1 is 1.43 bits per heavy atom. The molecule has 1 aromatic rings. The van der Waals surface area contributed by atoms with E-state index in [-0.39, 0.29) is 23.3 Å². The van der Waals surface area contributed by atoms with Crippen LogP contribution in [0.1, 0.15) is 24.0 Å². The molecule has 0 radical (unpaired) electrons. The molecule has 118 valence electrons. The van der Waals surface area contributed by atoms with E-state index in [9.17, 15) is 12.8 Å². The van der Waals surface area contributed by atoms with Gasteiger partial charge < -0.3 is 10.1 Å². The summed E-state index contributed by atoms with van der Waals surface area (Å²) < 4.78 is 46.7. The fraction of sp³-hybridized carbons (Fsp3) is 0.571. The number of rotatable bonds is 5. The smallest absolute Gasteiger partial charge is 0.240 e. The van der Waals surface area contributed by atoms with Gasteiger partial charge in [-0.15, -0.1) is 0 Å². The van der Waals surface area contributed by atoms with Gasteiger partial charge in [0.15, 0.2) is 0 Å². The lowest BCUT2D eigenvalue weighted by Gasteiger charge is -2.23. The van der Waals surface area contributed by atoms with E-state index in [2.05, 4.69) is 10.0 Å². The van der Waals surface area contributed by atoms with Gasteiger partial charge in [0.2, 0.25) is 10.0 Å². The van der Waals surface area contributed by atoms with E-state index >= 15 is 0 Å². The van der Waals surface area contributed by atoms with Crippen molar-refractivity contribution >= 4 is 10.0 Å². The second-order valence-corrected chi connectivity index (χ2v) is 6.99. The molecule has 7 heteroatoms. The van der Waals surface area contributed by atoms with Crippen molar-refractivity contribution in [2.75, 3.05) is 20.3 Å². The molecule has 21 heavy (non-hydrogen) atoms. The summed E-state index contributed by atoms with van der Waals surface area (Å²) >= 11 is 0. The van der Waals surface area contributed by atoms with Crippen molar-refractivity contribution in [2.24, 2.45) is 0 Å². The lowest BCUT2D eigenvalue weighted by molar-refractivity contribution is 0.0774. The number of aryl methyl sites for hydroxylation is 1. The minimum Gasteiger partial charge on any atom is -0.380 e. The van der Waals surface area contributed by atoms with Gasteiger partial charge in [0.1, 0.15) is 5.82 Å². The molecule has 5 nitrogen and oxygen atoms in total. The Labute approximate surface area is 124 Å². The average Bonchev–Trinajstić information content (AvgIpc) is 2.44. The largest absolute Gasteiger partial charge is 0.380 e. The van der Waals surface area contributed by atoms with Crippen LogP contribution in [0.3, 0.4) is 0 Å². The molecule has 1 atom stereocenters. The summed E-state index contributed by atoms with van der Waals surface area (Å²) in [6, 6.07) is 2.52. The van der Waals surface area contributed by atoms with Crippen molar-refractivity contribution in [3.8, 4) is 0 Å². The molecule has 0 bridgehead atoms. The third kappa shape index (κ3) is 4.00. The van der Waals surface area contributed by atoms with Gasteiger partial charge >= 0.3 is 0 Å². The lowest BCUT2D eigenvalue weighted by atomic mass is 10.1. The summed E-state index contributed by atoms with van der Waals surface area (Å²) in [4.78, 5) is 0.0947. The molecule has 1 aliphatic rings. The average molecular weight is 316 g/mol. The molecule has 1 saturated heterocycles. The molecule has 1 fully saturated rings. The summed E-state index contributed by atoms with van der Waals surface area (Å²) in [7, 11) is -1.98. The van der Waals surface area contributed by atoms with Crippen molar-refractivity contribution in [2.45, 2.75) is 37.2 Å². The maximum atomic E-state index is 13.9. The van der Waals surface area contributed by atoms with Crippen LogP contribution in [0.25, 0.3) is 0 Å². The van der Waals surface area contributed by atoms with E-state index in [0.29, 0.717) is 24.3 Å². The van der Waals surface area contributed by atoms with Crippen LogP contribution in [0.2, 0.25) is 0 Å². The molecule has 1 aromatic carbocycles. The first kappa shape index (κ1) is 16.4. The number of hydrogen-bond donors (Lipinski definition) is 2. The zero-order chi connectivity index (χ0) is 15.5. The highest BCUT2D eigenvalue weighted by atomic mass is 32.2. The zero-order valence-electron chi connectivity index (χ0n) is 12.3. The standard InChI is InChI=1S/C14H21FN2O3S/c1-10-6-13(7-11(8-16-2)14(10)15)21(18,19)17-12-4-3-5-20-9-12/h6-7,12,16-17H,3-5,8-9H2,1-2H3. The SMILES string of the molecule is CNCc1cc(S(=O)(=O)NC2CCCOC2)cc(C)c1F. The summed E-state index contributed by atoms with van der Waals surface area (Å²) in [5.41, 5.74) is 0.667. The third-order valence-electron chi connectivity index (χ3n) is 3.46. The fourth-order valence-corrected chi connectivity index (χ4v) is 3.79. The highest BCUT2D eigenvalue weighted by Gasteiger charge is 2.23. The van der Waals surface area contributed by atoms with E-state index in [1.807, 2.05) is 0 Å². The van der Waals surface area contributed by atoms with Crippen molar-refractivity contribution in [3.05, 3.63) is 29.1 Å². The number of nitrogens with one attached hydrogen (secondary N) is 2. The molecule has 1 unspecified atom stereocenters. The Morgan fingerprint density at radius 3 is 2.81 bits per heavy atom. The first-order valence-corrected chi connectivity index (χ1v) is 8.46. The van der Waals surface area contributed by atoms with Crippen LogP contribution in [-0.4, -0.2) is 34.7 Å². The van der Waals surface area contributed by atoms with Crippen molar-refractivity contribution < 1.29 is 17.5 Å². The Bertz CT molecular complexity index is 598. The molecule has 1 aliphatic heterocycles. The molecule has 0 spiro atoms. The monoisotopic (exact) mass is 316 g/mol. The maximum absolute atomic E-state index is 13.9. The number of benzene rings is 1. The summed E-state index contributed by atoms with van der Waals surface area (Å²) in [6.45, 7) is 2.89. The van der Waals surface area contributed by atoms with Crippen molar-refractivity contribution in [1.82, 2.24) is 10.0 Å². The van der Waals surface area contributed by atoms with E-state index in [1.165, 1.54) is 12.1 Å². The summed E-state index contributed by atoms with van der Waals surface area (Å²) in [5, 5.41) is 2.84. The van der Waals surface area contributed by atoms with Gasteiger partial charge in [-0.2, -0.15) is 0 Å². The molecule has 0 saturated carbocycles. The maximum Gasteiger partial charge on any atom is 0.240 e. The Hall–Kier alpha value is -1.02. The normalized spacial score (nSPS) is 19.7. The van der Waals surface area contributed by atoms with Crippen LogP contribution in [-0.2, 0) is 21.3 Å². The first-order valence-electron chi connectivity index (χ1n) is 6.97. The van der Waals surface area contributed by atoms with Gasteiger partial charge in [-0.3, -0.25) is 0 Å². The highest BCUT2D eigenvalue weighted by Crippen LogP contribution is 2.20. The quantitative estimate of drug-likeness (QED) is 0.859. The second-order valence-electron chi connectivity index (χ2n) is 5.28. The molecule has 1 heterocycles. The summed E-state index contributed by atoms with van der Waals surface area (Å²) in [6.07, 6.45) is 1.59. The highest BCUT2D eigenvalue weighted by molar-refractivity contribution is 7.89. The van der Waals surface area contributed by atoms with Crippen LogP contribution in [0.4, 0.5) is 4.39 Å².